The number of benzene rings is 2. The van der Waals surface area contributed by atoms with Crippen LogP contribution >= 0.6 is 11.6 Å². The summed E-state index contributed by atoms with van der Waals surface area (Å²) in [5.41, 5.74) is 0.712. The molecule has 0 saturated carbocycles. The number of nitro groups is 1. The van der Waals surface area contributed by atoms with Crippen LogP contribution in [0.4, 0.5) is 11.4 Å². The summed E-state index contributed by atoms with van der Waals surface area (Å²) in [5, 5.41) is 18.6. The normalized spacial score (nSPS) is 10.1. The highest BCUT2D eigenvalue weighted by Gasteiger charge is 2.16. The molecular formula is C18H17ClN4O5. The second-order valence-electron chi connectivity index (χ2n) is 5.69. The molecule has 3 amide bonds. The topological polar surface area (TPSA) is 130 Å². The molecular weight excluding hydrogens is 388 g/mol. The van der Waals surface area contributed by atoms with Crippen molar-refractivity contribution in [3.63, 3.8) is 0 Å². The molecule has 146 valence electrons. The third kappa shape index (κ3) is 5.78. The van der Waals surface area contributed by atoms with Gasteiger partial charge in [0.05, 0.1) is 4.92 Å². The molecule has 0 heterocycles. The van der Waals surface area contributed by atoms with Gasteiger partial charge in [-0.3, -0.25) is 24.5 Å². The predicted octanol–water partition coefficient (Wildman–Crippen LogP) is 2.37. The number of nitro benzene ring substituents is 1. The minimum absolute atomic E-state index is 0.0571. The van der Waals surface area contributed by atoms with E-state index in [0.29, 0.717) is 11.3 Å². The Bertz CT molecular complexity index is 915. The van der Waals surface area contributed by atoms with E-state index in [1.807, 2.05) is 0 Å². The zero-order chi connectivity index (χ0) is 20.7. The number of anilines is 1. The SMILES string of the molecule is CC(=O)Nc1ccc(C(=O)NCCNC(=O)c2ccc(Cl)c([N+](=O)[O-])c2)cc1. The summed E-state index contributed by atoms with van der Waals surface area (Å²) in [6.45, 7) is 1.68. The Morgan fingerprint density at radius 1 is 0.964 bits per heavy atom. The van der Waals surface area contributed by atoms with Gasteiger partial charge in [-0.25, -0.2) is 0 Å². The number of amides is 3. The molecule has 0 saturated heterocycles. The lowest BCUT2D eigenvalue weighted by Gasteiger charge is -2.08. The zero-order valence-electron chi connectivity index (χ0n) is 14.8. The summed E-state index contributed by atoms with van der Waals surface area (Å²) in [4.78, 5) is 45.3. The zero-order valence-corrected chi connectivity index (χ0v) is 15.6. The third-order valence-electron chi connectivity index (χ3n) is 3.57. The van der Waals surface area contributed by atoms with E-state index in [1.165, 1.54) is 19.1 Å². The summed E-state index contributed by atoms with van der Waals surface area (Å²) < 4.78 is 0. The Hall–Kier alpha value is -3.46. The number of nitrogens with one attached hydrogen (secondary N) is 3. The van der Waals surface area contributed by atoms with Crippen LogP contribution in [0.5, 0.6) is 0 Å². The second-order valence-corrected chi connectivity index (χ2v) is 6.10. The lowest BCUT2D eigenvalue weighted by Crippen LogP contribution is -2.34. The molecule has 0 radical (unpaired) electrons. The molecule has 10 heteroatoms. The van der Waals surface area contributed by atoms with Gasteiger partial charge in [-0.15, -0.1) is 0 Å². The van der Waals surface area contributed by atoms with Gasteiger partial charge in [-0.2, -0.15) is 0 Å². The molecule has 0 spiro atoms. The molecule has 2 rings (SSSR count). The maximum atomic E-state index is 12.0. The van der Waals surface area contributed by atoms with Crippen molar-refractivity contribution in [3.8, 4) is 0 Å². The Kier molecular flexibility index (Phi) is 7.05. The molecule has 0 bridgehead atoms. The van der Waals surface area contributed by atoms with Crippen molar-refractivity contribution in [2.75, 3.05) is 18.4 Å². The Balaban J connectivity index is 1.82. The largest absolute Gasteiger partial charge is 0.350 e. The summed E-state index contributed by atoms with van der Waals surface area (Å²) >= 11 is 5.71. The molecule has 9 nitrogen and oxygen atoms in total. The summed E-state index contributed by atoms with van der Waals surface area (Å²) in [6.07, 6.45) is 0. The fraction of sp³-hybridized carbons (Fsp3) is 0.167. The van der Waals surface area contributed by atoms with E-state index < -0.39 is 10.8 Å². The van der Waals surface area contributed by atoms with Gasteiger partial charge in [0.1, 0.15) is 5.02 Å². The smallest absolute Gasteiger partial charge is 0.288 e. The molecule has 2 aromatic rings. The fourth-order valence-electron chi connectivity index (χ4n) is 2.26. The van der Waals surface area contributed by atoms with Gasteiger partial charge in [0.2, 0.25) is 5.91 Å². The molecule has 0 aliphatic carbocycles. The van der Waals surface area contributed by atoms with Crippen LogP contribution in [0, 0.1) is 10.1 Å². The van der Waals surface area contributed by atoms with Gasteiger partial charge in [0, 0.05) is 42.9 Å². The first kappa shape index (κ1) is 20.8. The van der Waals surface area contributed by atoms with Crippen molar-refractivity contribution in [2.45, 2.75) is 6.92 Å². The Morgan fingerprint density at radius 3 is 2.04 bits per heavy atom. The van der Waals surface area contributed by atoms with E-state index in [4.69, 9.17) is 11.6 Å². The van der Waals surface area contributed by atoms with E-state index in [0.717, 1.165) is 6.07 Å². The molecule has 0 atom stereocenters. The molecule has 2 aromatic carbocycles. The number of carbonyl (C=O) groups is 3. The van der Waals surface area contributed by atoms with Crippen molar-refractivity contribution in [3.05, 3.63) is 68.7 Å². The average molecular weight is 405 g/mol. The van der Waals surface area contributed by atoms with Crippen molar-refractivity contribution in [1.82, 2.24) is 10.6 Å². The average Bonchev–Trinajstić information content (AvgIpc) is 2.65. The van der Waals surface area contributed by atoms with E-state index in [1.54, 1.807) is 24.3 Å². The molecule has 3 N–H and O–H groups in total. The highest BCUT2D eigenvalue weighted by Crippen LogP contribution is 2.24. The number of hydrogen-bond donors (Lipinski definition) is 3. The van der Waals surface area contributed by atoms with Gasteiger partial charge < -0.3 is 16.0 Å². The van der Waals surface area contributed by atoms with Gasteiger partial charge in [0.15, 0.2) is 0 Å². The van der Waals surface area contributed by atoms with Crippen molar-refractivity contribution in [1.29, 1.82) is 0 Å². The van der Waals surface area contributed by atoms with E-state index in [-0.39, 0.29) is 41.2 Å². The Morgan fingerprint density at radius 2 is 1.50 bits per heavy atom. The van der Waals surface area contributed by atoms with Crippen LogP contribution in [-0.4, -0.2) is 35.7 Å². The highest BCUT2D eigenvalue weighted by atomic mass is 35.5. The van der Waals surface area contributed by atoms with Crippen LogP contribution in [0.2, 0.25) is 5.02 Å². The molecule has 0 aromatic heterocycles. The summed E-state index contributed by atoms with van der Waals surface area (Å²) in [6, 6.07) is 10.1. The van der Waals surface area contributed by atoms with Crippen LogP contribution in [0.15, 0.2) is 42.5 Å². The first-order chi connectivity index (χ1) is 13.3. The van der Waals surface area contributed by atoms with E-state index >= 15 is 0 Å². The van der Waals surface area contributed by atoms with Gasteiger partial charge in [-0.1, -0.05) is 11.6 Å². The number of rotatable bonds is 7. The lowest BCUT2D eigenvalue weighted by molar-refractivity contribution is -0.384. The predicted molar refractivity (Wildman–Crippen MR) is 104 cm³/mol. The van der Waals surface area contributed by atoms with Crippen molar-refractivity contribution in [2.24, 2.45) is 0 Å². The second kappa shape index (κ2) is 9.47. The standard InChI is InChI=1S/C18H17ClN4O5/c1-11(24)22-14-5-2-12(3-6-14)17(25)20-8-9-21-18(26)13-4-7-15(19)16(10-13)23(27)28/h2-7,10H,8-9H2,1H3,(H,20,25)(H,21,26)(H,22,24). The first-order valence-corrected chi connectivity index (χ1v) is 8.53. The quantitative estimate of drug-likeness (QED) is 0.370. The minimum atomic E-state index is -0.670. The molecule has 0 fully saturated rings. The number of carbonyl (C=O) groups excluding carboxylic acids is 3. The van der Waals surface area contributed by atoms with Crippen molar-refractivity contribution >= 4 is 40.7 Å². The lowest BCUT2D eigenvalue weighted by atomic mass is 10.2. The van der Waals surface area contributed by atoms with Crippen LogP contribution < -0.4 is 16.0 Å². The third-order valence-corrected chi connectivity index (χ3v) is 3.89. The maximum absolute atomic E-state index is 12.0. The van der Waals surface area contributed by atoms with Crippen LogP contribution in [0.3, 0.4) is 0 Å². The van der Waals surface area contributed by atoms with E-state index in [9.17, 15) is 24.5 Å². The molecule has 0 unspecified atom stereocenters. The number of hydrogen-bond acceptors (Lipinski definition) is 5. The summed E-state index contributed by atoms with van der Waals surface area (Å²) in [5.74, 6) is -1.07. The minimum Gasteiger partial charge on any atom is -0.350 e. The van der Waals surface area contributed by atoms with Crippen LogP contribution in [0.25, 0.3) is 0 Å². The molecule has 0 aliphatic rings. The van der Waals surface area contributed by atoms with Gasteiger partial charge in [0.25, 0.3) is 17.5 Å². The number of nitrogens with zero attached hydrogens (tertiary/aromatic N) is 1. The monoisotopic (exact) mass is 404 g/mol. The molecule has 0 aliphatic heterocycles. The van der Waals surface area contributed by atoms with Crippen LogP contribution in [0.1, 0.15) is 27.6 Å². The highest BCUT2D eigenvalue weighted by molar-refractivity contribution is 6.32. The van der Waals surface area contributed by atoms with Crippen LogP contribution in [-0.2, 0) is 4.79 Å². The maximum Gasteiger partial charge on any atom is 0.288 e. The first-order valence-electron chi connectivity index (χ1n) is 8.16. The molecule has 28 heavy (non-hydrogen) atoms. The fourth-order valence-corrected chi connectivity index (χ4v) is 2.44. The van der Waals surface area contributed by atoms with Gasteiger partial charge >= 0.3 is 0 Å². The number of halogens is 1. The Labute approximate surface area is 165 Å². The van der Waals surface area contributed by atoms with Crippen molar-refractivity contribution < 1.29 is 19.3 Å². The van der Waals surface area contributed by atoms with E-state index in [2.05, 4.69) is 16.0 Å². The van der Waals surface area contributed by atoms with Gasteiger partial charge in [-0.05, 0) is 36.4 Å². The summed E-state index contributed by atoms with van der Waals surface area (Å²) in [7, 11) is 0.